The highest BCUT2D eigenvalue weighted by Gasteiger charge is 2.16. The fourth-order valence-electron chi connectivity index (χ4n) is 1.35. The lowest BCUT2D eigenvalue weighted by molar-refractivity contribution is 0.0785. The van der Waals surface area contributed by atoms with E-state index >= 15 is 0 Å². The van der Waals surface area contributed by atoms with Crippen molar-refractivity contribution >= 4 is 0 Å². The first-order valence-corrected chi connectivity index (χ1v) is 4.91. The van der Waals surface area contributed by atoms with Crippen molar-refractivity contribution in [2.24, 2.45) is 0 Å². The minimum Gasteiger partial charge on any atom is -0.494 e. The number of hydrogen-bond donors (Lipinski definition) is 1. The lowest BCUT2D eigenvalue weighted by Gasteiger charge is -2.19. The first kappa shape index (κ1) is 11.1. The molecule has 1 aromatic carbocycles. The van der Waals surface area contributed by atoms with E-state index in [1.54, 1.807) is 13.8 Å². The zero-order valence-corrected chi connectivity index (χ0v) is 9.29. The molecule has 0 saturated carbocycles. The average molecular weight is 194 g/mol. The molecule has 0 saturated heterocycles. The van der Waals surface area contributed by atoms with E-state index in [9.17, 15) is 5.11 Å². The summed E-state index contributed by atoms with van der Waals surface area (Å²) in [5.41, 5.74) is 1.19. The normalized spacial score (nSPS) is 11.5. The van der Waals surface area contributed by atoms with Gasteiger partial charge in [-0.05, 0) is 51.0 Å². The molecule has 0 bridgehead atoms. The van der Waals surface area contributed by atoms with E-state index in [0.29, 0.717) is 6.61 Å². The Balaban J connectivity index is 3.01. The Morgan fingerprint density at radius 1 is 1.36 bits per heavy atom. The summed E-state index contributed by atoms with van der Waals surface area (Å²) in [6, 6.07) is 5.77. The van der Waals surface area contributed by atoms with Crippen LogP contribution in [0.4, 0.5) is 0 Å². The number of hydrogen-bond acceptors (Lipinski definition) is 2. The fourth-order valence-corrected chi connectivity index (χ4v) is 1.35. The third kappa shape index (κ3) is 2.48. The smallest absolute Gasteiger partial charge is 0.122 e. The summed E-state index contributed by atoms with van der Waals surface area (Å²) in [6.07, 6.45) is 0. The molecule has 0 atom stereocenters. The maximum Gasteiger partial charge on any atom is 0.122 e. The number of aliphatic hydroxyl groups is 1. The summed E-state index contributed by atoms with van der Waals surface area (Å²) < 4.78 is 5.42. The lowest BCUT2D eigenvalue weighted by atomic mass is 9.96. The van der Waals surface area contributed by atoms with Gasteiger partial charge in [0, 0.05) is 0 Å². The summed E-state index contributed by atoms with van der Waals surface area (Å²) in [7, 11) is 0. The molecule has 0 fully saturated rings. The molecule has 0 aliphatic heterocycles. The van der Waals surface area contributed by atoms with E-state index < -0.39 is 5.60 Å². The number of rotatable bonds is 3. The van der Waals surface area contributed by atoms with Crippen LogP contribution in [-0.4, -0.2) is 11.7 Å². The van der Waals surface area contributed by atoms with E-state index in [-0.39, 0.29) is 0 Å². The highest BCUT2D eigenvalue weighted by Crippen LogP contribution is 2.25. The molecule has 0 aliphatic rings. The number of benzene rings is 1. The molecular formula is C12H18O2. The fraction of sp³-hybridized carbons (Fsp3) is 0.500. The maximum atomic E-state index is 9.79. The van der Waals surface area contributed by atoms with Crippen molar-refractivity contribution in [2.45, 2.75) is 33.3 Å². The molecule has 1 rings (SSSR count). The predicted octanol–water partition coefficient (Wildman–Crippen LogP) is 2.62. The Bertz CT molecular complexity index is 311. The molecule has 0 spiro atoms. The maximum absolute atomic E-state index is 9.79. The van der Waals surface area contributed by atoms with Crippen LogP contribution in [-0.2, 0) is 5.60 Å². The largest absolute Gasteiger partial charge is 0.494 e. The SMILES string of the molecule is CCOc1ccc(C(C)(C)O)cc1C. The van der Waals surface area contributed by atoms with E-state index in [1.165, 1.54) is 0 Å². The number of ether oxygens (including phenoxy) is 1. The zero-order valence-electron chi connectivity index (χ0n) is 9.29. The second-order valence-electron chi connectivity index (χ2n) is 3.97. The van der Waals surface area contributed by atoms with Gasteiger partial charge in [0.1, 0.15) is 5.75 Å². The molecule has 14 heavy (non-hydrogen) atoms. The standard InChI is InChI=1S/C12H18O2/c1-5-14-11-7-6-10(8-9(11)2)12(3,4)13/h6-8,13H,5H2,1-4H3. The van der Waals surface area contributed by atoms with Crippen LogP contribution in [0.2, 0.25) is 0 Å². The Hall–Kier alpha value is -1.02. The second kappa shape index (κ2) is 4.01. The van der Waals surface area contributed by atoms with Crippen LogP contribution in [0.15, 0.2) is 18.2 Å². The van der Waals surface area contributed by atoms with Gasteiger partial charge >= 0.3 is 0 Å². The molecule has 2 heteroatoms. The van der Waals surface area contributed by atoms with Crippen LogP contribution < -0.4 is 4.74 Å². The lowest BCUT2D eigenvalue weighted by Crippen LogP contribution is -2.15. The van der Waals surface area contributed by atoms with E-state index in [0.717, 1.165) is 16.9 Å². The predicted molar refractivity (Wildman–Crippen MR) is 57.6 cm³/mol. The molecule has 78 valence electrons. The summed E-state index contributed by atoms with van der Waals surface area (Å²) in [5.74, 6) is 0.889. The van der Waals surface area contributed by atoms with E-state index in [1.807, 2.05) is 32.0 Å². The van der Waals surface area contributed by atoms with Crippen molar-refractivity contribution in [3.8, 4) is 5.75 Å². The molecule has 0 heterocycles. The van der Waals surface area contributed by atoms with Gasteiger partial charge in [0.05, 0.1) is 12.2 Å². The van der Waals surface area contributed by atoms with Gasteiger partial charge in [0.25, 0.3) is 0 Å². The van der Waals surface area contributed by atoms with Crippen molar-refractivity contribution in [2.75, 3.05) is 6.61 Å². The second-order valence-corrected chi connectivity index (χ2v) is 3.97. The summed E-state index contributed by atoms with van der Waals surface area (Å²) in [4.78, 5) is 0. The van der Waals surface area contributed by atoms with Crippen molar-refractivity contribution < 1.29 is 9.84 Å². The minimum absolute atomic E-state index is 0.669. The third-order valence-corrected chi connectivity index (χ3v) is 2.18. The topological polar surface area (TPSA) is 29.5 Å². The highest BCUT2D eigenvalue weighted by molar-refractivity contribution is 5.38. The van der Waals surface area contributed by atoms with Gasteiger partial charge in [-0.15, -0.1) is 0 Å². The van der Waals surface area contributed by atoms with Crippen LogP contribution in [0.5, 0.6) is 5.75 Å². The van der Waals surface area contributed by atoms with Gasteiger partial charge in [-0.2, -0.15) is 0 Å². The van der Waals surface area contributed by atoms with Crippen molar-refractivity contribution in [3.05, 3.63) is 29.3 Å². The van der Waals surface area contributed by atoms with Crippen LogP contribution in [0.25, 0.3) is 0 Å². The summed E-state index contributed by atoms with van der Waals surface area (Å²) in [5, 5.41) is 9.79. The first-order valence-electron chi connectivity index (χ1n) is 4.91. The minimum atomic E-state index is -0.782. The molecule has 2 nitrogen and oxygen atoms in total. The third-order valence-electron chi connectivity index (χ3n) is 2.18. The van der Waals surface area contributed by atoms with Crippen LogP contribution in [0, 0.1) is 6.92 Å². The Labute approximate surface area is 85.5 Å². The quantitative estimate of drug-likeness (QED) is 0.801. The van der Waals surface area contributed by atoms with Crippen LogP contribution in [0.1, 0.15) is 31.9 Å². The van der Waals surface area contributed by atoms with Gasteiger partial charge in [-0.1, -0.05) is 6.07 Å². The Kier molecular flexibility index (Phi) is 3.17. The molecule has 0 radical (unpaired) electrons. The highest BCUT2D eigenvalue weighted by atomic mass is 16.5. The van der Waals surface area contributed by atoms with E-state index in [4.69, 9.17) is 4.74 Å². The number of aryl methyl sites for hydroxylation is 1. The molecule has 0 aromatic heterocycles. The van der Waals surface area contributed by atoms with E-state index in [2.05, 4.69) is 0 Å². The summed E-state index contributed by atoms with van der Waals surface area (Å²) in [6.45, 7) is 8.18. The van der Waals surface area contributed by atoms with Crippen LogP contribution >= 0.6 is 0 Å². The molecule has 1 aromatic rings. The molecule has 1 N–H and O–H groups in total. The van der Waals surface area contributed by atoms with Crippen molar-refractivity contribution in [1.82, 2.24) is 0 Å². The zero-order chi connectivity index (χ0) is 10.8. The average Bonchev–Trinajstić information content (AvgIpc) is 2.07. The van der Waals surface area contributed by atoms with Crippen LogP contribution in [0.3, 0.4) is 0 Å². The molecule has 0 unspecified atom stereocenters. The molecule has 0 amide bonds. The first-order chi connectivity index (χ1) is 6.45. The monoisotopic (exact) mass is 194 g/mol. The molecule has 0 aliphatic carbocycles. The van der Waals surface area contributed by atoms with Gasteiger partial charge < -0.3 is 9.84 Å². The van der Waals surface area contributed by atoms with Crippen molar-refractivity contribution in [3.63, 3.8) is 0 Å². The molecular weight excluding hydrogens is 176 g/mol. The van der Waals surface area contributed by atoms with Gasteiger partial charge in [-0.25, -0.2) is 0 Å². The van der Waals surface area contributed by atoms with Gasteiger partial charge in [0.2, 0.25) is 0 Å². The van der Waals surface area contributed by atoms with Gasteiger partial charge in [-0.3, -0.25) is 0 Å². The summed E-state index contributed by atoms with van der Waals surface area (Å²) >= 11 is 0. The Morgan fingerprint density at radius 2 is 2.00 bits per heavy atom. The Morgan fingerprint density at radius 3 is 2.43 bits per heavy atom. The van der Waals surface area contributed by atoms with Gasteiger partial charge in [0.15, 0.2) is 0 Å². The van der Waals surface area contributed by atoms with Crippen molar-refractivity contribution in [1.29, 1.82) is 0 Å².